The maximum Gasteiger partial charge on any atom is 0.207 e. The third kappa shape index (κ3) is 3.08. The summed E-state index contributed by atoms with van der Waals surface area (Å²) in [6.07, 6.45) is 0.650. The molecule has 0 fully saturated rings. The zero-order valence-corrected chi connectivity index (χ0v) is 5.79. The van der Waals surface area contributed by atoms with Crippen molar-refractivity contribution in [3.8, 4) is 0 Å². The summed E-state index contributed by atoms with van der Waals surface area (Å²) >= 11 is 0. The van der Waals surface area contributed by atoms with Gasteiger partial charge in [-0.1, -0.05) is 6.92 Å². The highest BCUT2D eigenvalue weighted by Gasteiger charge is 2.07. The first kappa shape index (κ1) is 8.43. The van der Waals surface area contributed by atoms with Gasteiger partial charge in [0, 0.05) is 12.6 Å². The predicted molar refractivity (Wildman–Crippen MR) is 34.9 cm³/mol. The number of amides is 1. The molecule has 0 aliphatic rings. The molecule has 0 spiro atoms. The van der Waals surface area contributed by atoms with Crippen LogP contribution in [0.15, 0.2) is 0 Å². The highest BCUT2D eigenvalue weighted by atomic mass is 16.3. The fourth-order valence-corrected chi connectivity index (χ4v) is 0.430. The number of aliphatic hydroxyl groups excluding tert-OH is 1. The lowest BCUT2D eigenvalue weighted by molar-refractivity contribution is -0.110. The smallest absolute Gasteiger partial charge is 0.207 e. The lowest BCUT2D eigenvalue weighted by Crippen LogP contribution is -2.32. The molecule has 0 aliphatic heterocycles. The molecule has 9 heavy (non-hydrogen) atoms. The molecule has 0 aromatic heterocycles. The van der Waals surface area contributed by atoms with Crippen molar-refractivity contribution in [3.05, 3.63) is 0 Å². The van der Waals surface area contributed by atoms with E-state index < -0.39 is 0 Å². The Hall–Kier alpha value is -0.570. The van der Waals surface area contributed by atoms with Gasteiger partial charge in [-0.15, -0.1) is 0 Å². The Bertz CT molecular complexity index is 85.1. The Morgan fingerprint density at radius 2 is 2.22 bits per heavy atom. The van der Waals surface area contributed by atoms with E-state index in [9.17, 15) is 4.79 Å². The molecule has 0 rings (SSSR count). The van der Waals surface area contributed by atoms with Crippen molar-refractivity contribution < 1.29 is 9.90 Å². The molecule has 0 saturated carbocycles. The normalized spacial score (nSPS) is 16.3. The summed E-state index contributed by atoms with van der Waals surface area (Å²) in [5.74, 6) is 0.134. The van der Waals surface area contributed by atoms with Crippen LogP contribution in [-0.2, 0) is 4.79 Å². The first-order valence-electron chi connectivity index (χ1n) is 3.03. The van der Waals surface area contributed by atoms with Gasteiger partial charge in [0.05, 0.1) is 0 Å². The molecule has 1 amide bonds. The van der Waals surface area contributed by atoms with Crippen molar-refractivity contribution in [2.45, 2.75) is 19.9 Å². The number of hydrogen-bond donors (Lipinski definition) is 2. The van der Waals surface area contributed by atoms with Gasteiger partial charge in [0.15, 0.2) is 0 Å². The fourth-order valence-electron chi connectivity index (χ4n) is 0.430. The van der Waals surface area contributed by atoms with Gasteiger partial charge in [0.1, 0.15) is 0 Å². The van der Waals surface area contributed by atoms with Gasteiger partial charge in [-0.3, -0.25) is 4.79 Å². The van der Waals surface area contributed by atoms with Crippen LogP contribution in [0.3, 0.4) is 0 Å². The van der Waals surface area contributed by atoms with Gasteiger partial charge < -0.3 is 10.4 Å². The Morgan fingerprint density at radius 3 is 2.56 bits per heavy atom. The second-order valence-electron chi connectivity index (χ2n) is 2.23. The van der Waals surface area contributed by atoms with Crippen LogP contribution in [0.5, 0.6) is 0 Å². The SMILES string of the molecule is CC(CO)C(C)NC=O. The highest BCUT2D eigenvalue weighted by Crippen LogP contribution is 1.98. The number of hydrogen-bond acceptors (Lipinski definition) is 2. The molecular weight excluding hydrogens is 118 g/mol. The average molecular weight is 131 g/mol. The van der Waals surface area contributed by atoms with Crippen molar-refractivity contribution in [2.24, 2.45) is 5.92 Å². The zero-order chi connectivity index (χ0) is 7.28. The maximum atomic E-state index is 9.84. The average Bonchev–Trinajstić information content (AvgIpc) is 1.87. The Morgan fingerprint density at radius 1 is 1.67 bits per heavy atom. The molecule has 54 valence electrons. The van der Waals surface area contributed by atoms with E-state index >= 15 is 0 Å². The van der Waals surface area contributed by atoms with Crippen LogP contribution in [-0.4, -0.2) is 24.2 Å². The van der Waals surface area contributed by atoms with Crippen molar-refractivity contribution >= 4 is 6.41 Å². The predicted octanol–water partition coefficient (Wildman–Crippen LogP) is -0.251. The van der Waals surface area contributed by atoms with E-state index in [1.807, 2.05) is 13.8 Å². The molecular formula is C6H13NO2. The summed E-state index contributed by atoms with van der Waals surface area (Å²) in [7, 11) is 0. The van der Waals surface area contributed by atoms with E-state index in [1.165, 1.54) is 0 Å². The van der Waals surface area contributed by atoms with Crippen molar-refractivity contribution in [1.82, 2.24) is 5.32 Å². The topological polar surface area (TPSA) is 49.3 Å². The number of carbonyl (C=O) groups excluding carboxylic acids is 1. The van der Waals surface area contributed by atoms with Crippen LogP contribution in [0.4, 0.5) is 0 Å². The lowest BCUT2D eigenvalue weighted by atomic mass is 10.1. The van der Waals surface area contributed by atoms with Crippen molar-refractivity contribution in [3.63, 3.8) is 0 Å². The van der Waals surface area contributed by atoms with Gasteiger partial charge >= 0.3 is 0 Å². The number of rotatable bonds is 4. The van der Waals surface area contributed by atoms with Crippen LogP contribution in [0.25, 0.3) is 0 Å². The molecule has 3 nitrogen and oxygen atoms in total. The van der Waals surface area contributed by atoms with E-state index in [4.69, 9.17) is 5.11 Å². The van der Waals surface area contributed by atoms with Gasteiger partial charge in [-0.05, 0) is 12.8 Å². The summed E-state index contributed by atoms with van der Waals surface area (Å²) < 4.78 is 0. The van der Waals surface area contributed by atoms with Crippen LogP contribution in [0, 0.1) is 5.92 Å². The van der Waals surface area contributed by atoms with Crippen LogP contribution < -0.4 is 5.32 Å². The first-order chi connectivity index (χ1) is 4.22. The molecule has 0 aromatic rings. The third-order valence-electron chi connectivity index (χ3n) is 1.47. The lowest BCUT2D eigenvalue weighted by Gasteiger charge is -2.15. The molecule has 0 saturated heterocycles. The van der Waals surface area contributed by atoms with Gasteiger partial charge in [0.25, 0.3) is 0 Å². The summed E-state index contributed by atoms with van der Waals surface area (Å²) in [6.45, 7) is 3.85. The van der Waals surface area contributed by atoms with E-state index in [2.05, 4.69) is 5.32 Å². The van der Waals surface area contributed by atoms with Gasteiger partial charge in [-0.2, -0.15) is 0 Å². The summed E-state index contributed by atoms with van der Waals surface area (Å²) in [5, 5.41) is 11.1. The molecule has 0 heterocycles. The number of aliphatic hydroxyl groups is 1. The maximum absolute atomic E-state index is 9.84. The second-order valence-corrected chi connectivity index (χ2v) is 2.23. The molecule has 2 N–H and O–H groups in total. The largest absolute Gasteiger partial charge is 0.396 e. The molecule has 0 aliphatic carbocycles. The number of nitrogens with one attached hydrogen (secondary N) is 1. The van der Waals surface area contributed by atoms with Crippen molar-refractivity contribution in [1.29, 1.82) is 0 Å². The monoisotopic (exact) mass is 131 g/mol. The Labute approximate surface area is 55.1 Å². The molecule has 3 heteroatoms. The molecule has 2 atom stereocenters. The Balaban J connectivity index is 3.44. The van der Waals surface area contributed by atoms with Gasteiger partial charge in [-0.25, -0.2) is 0 Å². The Kier molecular flexibility index (Phi) is 4.05. The summed E-state index contributed by atoms with van der Waals surface area (Å²) in [6, 6.07) is 0.0625. The third-order valence-corrected chi connectivity index (χ3v) is 1.47. The molecule has 0 aromatic carbocycles. The number of carbonyl (C=O) groups is 1. The minimum absolute atomic E-state index is 0.0625. The minimum atomic E-state index is 0.0625. The summed E-state index contributed by atoms with van der Waals surface area (Å²) in [4.78, 5) is 9.84. The van der Waals surface area contributed by atoms with Crippen LogP contribution in [0.1, 0.15) is 13.8 Å². The zero-order valence-electron chi connectivity index (χ0n) is 5.79. The minimum Gasteiger partial charge on any atom is -0.396 e. The van der Waals surface area contributed by atoms with E-state index in [1.54, 1.807) is 0 Å². The second kappa shape index (κ2) is 4.32. The standard InChI is InChI=1S/C6H13NO2/c1-5(3-8)6(2)7-4-9/h4-6,8H,3H2,1-2H3,(H,7,9). The van der Waals surface area contributed by atoms with Crippen LogP contribution >= 0.6 is 0 Å². The summed E-state index contributed by atoms with van der Waals surface area (Å²) in [5.41, 5.74) is 0. The highest BCUT2D eigenvalue weighted by molar-refractivity contribution is 5.46. The quantitative estimate of drug-likeness (QED) is 0.517. The van der Waals surface area contributed by atoms with E-state index in [0.29, 0.717) is 6.41 Å². The first-order valence-corrected chi connectivity index (χ1v) is 3.03. The van der Waals surface area contributed by atoms with Crippen LogP contribution in [0.2, 0.25) is 0 Å². The molecule has 2 unspecified atom stereocenters. The van der Waals surface area contributed by atoms with E-state index in [-0.39, 0.29) is 18.6 Å². The van der Waals surface area contributed by atoms with E-state index in [0.717, 1.165) is 0 Å². The molecule has 0 radical (unpaired) electrons. The van der Waals surface area contributed by atoms with Crippen molar-refractivity contribution in [2.75, 3.05) is 6.61 Å². The molecule has 0 bridgehead atoms. The van der Waals surface area contributed by atoms with Gasteiger partial charge in [0.2, 0.25) is 6.41 Å². The fraction of sp³-hybridized carbons (Fsp3) is 0.833.